The highest BCUT2D eigenvalue weighted by molar-refractivity contribution is 5.63. The summed E-state index contributed by atoms with van der Waals surface area (Å²) in [6.45, 7) is 8.82. The molecule has 1 aromatic heterocycles. The van der Waals surface area contributed by atoms with Gasteiger partial charge in [-0.15, -0.1) is 0 Å². The zero-order chi connectivity index (χ0) is 12.7. The number of rotatable bonds is 7. The van der Waals surface area contributed by atoms with E-state index in [0.29, 0.717) is 0 Å². The van der Waals surface area contributed by atoms with E-state index in [1.54, 1.807) is 0 Å². The Morgan fingerprint density at radius 1 is 1.47 bits per heavy atom. The Balaban J connectivity index is 2.20. The average Bonchev–Trinajstić information content (AvgIpc) is 2.69. The molecule has 0 atom stereocenters. The lowest BCUT2D eigenvalue weighted by Gasteiger charge is -2.05. The van der Waals surface area contributed by atoms with Crippen molar-refractivity contribution in [1.29, 1.82) is 0 Å². The van der Waals surface area contributed by atoms with Crippen LogP contribution in [0.1, 0.15) is 39.2 Å². The predicted molar refractivity (Wildman–Crippen MR) is 76.0 cm³/mol. The first kappa shape index (κ1) is 14.0. The first-order chi connectivity index (χ1) is 8.09. The van der Waals surface area contributed by atoms with Gasteiger partial charge in [0.05, 0.1) is 0 Å². The maximum Gasteiger partial charge on any atom is 0.0140 e. The maximum atomic E-state index is 3.47. The summed E-state index contributed by atoms with van der Waals surface area (Å²) < 4.78 is 2.09. The molecule has 0 aliphatic rings. The molecule has 1 aromatic rings. The first-order valence-corrected chi connectivity index (χ1v) is 6.59. The van der Waals surface area contributed by atoms with Gasteiger partial charge in [0.2, 0.25) is 0 Å². The third-order valence-corrected chi connectivity index (χ3v) is 2.97. The lowest BCUT2D eigenvalue weighted by atomic mass is 10.1. The fourth-order valence-corrected chi connectivity index (χ4v) is 1.82. The lowest BCUT2D eigenvalue weighted by molar-refractivity contribution is 0.537. The van der Waals surface area contributed by atoms with E-state index in [1.807, 2.05) is 0 Å². The molecule has 0 radical (unpaired) electrons. The molecule has 0 aliphatic carbocycles. The molecule has 0 aliphatic heterocycles. The summed E-state index contributed by atoms with van der Waals surface area (Å²) in [6, 6.07) is 2.16. The minimum absolute atomic E-state index is 0.818. The molecule has 0 saturated carbocycles. The minimum atomic E-state index is 0.818. The van der Waals surface area contributed by atoms with Crippen LogP contribution >= 0.6 is 0 Å². The van der Waals surface area contributed by atoms with E-state index in [2.05, 4.69) is 62.2 Å². The molecule has 17 heavy (non-hydrogen) atoms. The van der Waals surface area contributed by atoms with Gasteiger partial charge in [-0.1, -0.05) is 19.9 Å². The van der Waals surface area contributed by atoms with Crippen LogP contribution in [0.5, 0.6) is 0 Å². The molecule has 0 amide bonds. The van der Waals surface area contributed by atoms with E-state index < -0.39 is 0 Å². The molecular formula is C15H26N2. The van der Waals surface area contributed by atoms with Crippen molar-refractivity contribution in [3.8, 4) is 0 Å². The van der Waals surface area contributed by atoms with Crippen molar-refractivity contribution in [3.63, 3.8) is 0 Å². The molecule has 1 heterocycles. The van der Waals surface area contributed by atoms with Crippen molar-refractivity contribution >= 4 is 5.57 Å². The average molecular weight is 234 g/mol. The van der Waals surface area contributed by atoms with Crippen molar-refractivity contribution in [3.05, 3.63) is 30.1 Å². The zero-order valence-corrected chi connectivity index (χ0v) is 11.7. The second kappa shape index (κ2) is 7.33. The van der Waals surface area contributed by atoms with Gasteiger partial charge < -0.3 is 9.88 Å². The van der Waals surface area contributed by atoms with Gasteiger partial charge in [0.15, 0.2) is 0 Å². The Bertz CT molecular complexity index is 348. The highest BCUT2D eigenvalue weighted by Crippen LogP contribution is 2.12. The van der Waals surface area contributed by atoms with Gasteiger partial charge in [-0.2, -0.15) is 0 Å². The predicted octanol–water partition coefficient (Wildman–Crippen LogP) is 3.45. The molecule has 0 aromatic carbocycles. The van der Waals surface area contributed by atoms with Crippen molar-refractivity contribution in [2.75, 3.05) is 13.1 Å². The highest BCUT2D eigenvalue weighted by atomic mass is 14.9. The molecule has 0 saturated heterocycles. The number of nitrogens with zero attached hydrogens (tertiary/aromatic N) is 1. The molecule has 2 heteroatoms. The minimum Gasteiger partial charge on any atom is -0.357 e. The van der Waals surface area contributed by atoms with Gasteiger partial charge in [0.25, 0.3) is 0 Å². The molecule has 1 rings (SSSR count). The smallest absolute Gasteiger partial charge is 0.0140 e. The molecule has 2 nitrogen and oxygen atoms in total. The van der Waals surface area contributed by atoms with Gasteiger partial charge >= 0.3 is 0 Å². The van der Waals surface area contributed by atoms with E-state index in [4.69, 9.17) is 0 Å². The normalized spacial score (nSPS) is 12.4. The Kier molecular flexibility index (Phi) is 6.06. The van der Waals surface area contributed by atoms with E-state index in [1.165, 1.54) is 24.0 Å². The van der Waals surface area contributed by atoms with Crippen molar-refractivity contribution in [2.24, 2.45) is 13.0 Å². The molecule has 1 N–H and O–H groups in total. The van der Waals surface area contributed by atoms with Gasteiger partial charge in [0.1, 0.15) is 0 Å². The second-order valence-electron chi connectivity index (χ2n) is 5.19. The number of allylic oxidation sites excluding steroid dienone is 1. The molecule has 96 valence electrons. The van der Waals surface area contributed by atoms with Crippen LogP contribution in [0.3, 0.4) is 0 Å². The van der Waals surface area contributed by atoms with Crippen LogP contribution in [0, 0.1) is 5.92 Å². The maximum absolute atomic E-state index is 3.47. The quantitative estimate of drug-likeness (QED) is 0.715. The first-order valence-electron chi connectivity index (χ1n) is 6.59. The number of nitrogens with one attached hydrogen (secondary N) is 1. The summed E-state index contributed by atoms with van der Waals surface area (Å²) in [5, 5.41) is 3.47. The number of hydrogen-bond donors (Lipinski definition) is 1. The molecule has 0 fully saturated rings. The van der Waals surface area contributed by atoms with Crippen molar-refractivity contribution in [2.45, 2.75) is 33.6 Å². The third-order valence-electron chi connectivity index (χ3n) is 2.97. The zero-order valence-electron chi connectivity index (χ0n) is 11.7. The summed E-state index contributed by atoms with van der Waals surface area (Å²) in [5.41, 5.74) is 2.67. The van der Waals surface area contributed by atoms with Crippen LogP contribution in [-0.2, 0) is 7.05 Å². The van der Waals surface area contributed by atoms with Crippen LogP contribution in [0.4, 0.5) is 0 Å². The van der Waals surface area contributed by atoms with Crippen LogP contribution in [-0.4, -0.2) is 17.7 Å². The van der Waals surface area contributed by atoms with Crippen LogP contribution in [0.2, 0.25) is 0 Å². The standard InChI is InChI=1S/C15H26N2/c1-13(2)6-5-9-16-10-7-14(3)15-8-11-17(4)12-15/h7-8,11-13,16H,5-6,9-10H2,1-4H3/b14-7+. The Hall–Kier alpha value is -1.02. The number of aryl methyl sites for hydroxylation is 1. The SMILES string of the molecule is C/C(=C\CNCCCC(C)C)c1ccn(C)c1. The van der Waals surface area contributed by atoms with Crippen molar-refractivity contribution in [1.82, 2.24) is 9.88 Å². The van der Waals surface area contributed by atoms with Gasteiger partial charge in [-0.3, -0.25) is 0 Å². The Morgan fingerprint density at radius 3 is 2.82 bits per heavy atom. The summed E-state index contributed by atoms with van der Waals surface area (Å²) in [7, 11) is 2.06. The molecule has 0 spiro atoms. The second-order valence-corrected chi connectivity index (χ2v) is 5.19. The fraction of sp³-hybridized carbons (Fsp3) is 0.600. The third kappa shape index (κ3) is 5.73. The summed E-state index contributed by atoms with van der Waals surface area (Å²) in [4.78, 5) is 0. The molecule has 0 unspecified atom stereocenters. The largest absolute Gasteiger partial charge is 0.357 e. The number of hydrogen-bond acceptors (Lipinski definition) is 1. The van der Waals surface area contributed by atoms with Gasteiger partial charge in [-0.05, 0) is 49.4 Å². The topological polar surface area (TPSA) is 17.0 Å². The van der Waals surface area contributed by atoms with E-state index in [-0.39, 0.29) is 0 Å². The summed E-state index contributed by atoms with van der Waals surface area (Å²) in [6.07, 6.45) is 9.10. The Labute approximate surface area is 106 Å². The van der Waals surface area contributed by atoms with E-state index >= 15 is 0 Å². The van der Waals surface area contributed by atoms with E-state index in [9.17, 15) is 0 Å². The van der Waals surface area contributed by atoms with E-state index in [0.717, 1.165) is 19.0 Å². The van der Waals surface area contributed by atoms with Gasteiger partial charge in [-0.25, -0.2) is 0 Å². The number of aromatic nitrogens is 1. The van der Waals surface area contributed by atoms with Crippen molar-refractivity contribution < 1.29 is 0 Å². The highest BCUT2D eigenvalue weighted by Gasteiger charge is 1.96. The van der Waals surface area contributed by atoms with Crippen LogP contribution in [0.25, 0.3) is 5.57 Å². The monoisotopic (exact) mass is 234 g/mol. The van der Waals surface area contributed by atoms with Crippen LogP contribution < -0.4 is 5.32 Å². The molecular weight excluding hydrogens is 208 g/mol. The van der Waals surface area contributed by atoms with Crippen LogP contribution in [0.15, 0.2) is 24.5 Å². The lowest BCUT2D eigenvalue weighted by Crippen LogP contribution is -2.15. The summed E-state index contributed by atoms with van der Waals surface area (Å²) >= 11 is 0. The Morgan fingerprint density at radius 2 is 2.24 bits per heavy atom. The molecule has 0 bridgehead atoms. The summed E-state index contributed by atoms with van der Waals surface area (Å²) in [5.74, 6) is 0.818. The van der Waals surface area contributed by atoms with Gasteiger partial charge in [0, 0.05) is 26.0 Å². The fourth-order valence-electron chi connectivity index (χ4n) is 1.82.